The van der Waals surface area contributed by atoms with Crippen molar-refractivity contribution in [3.8, 4) is 0 Å². The van der Waals surface area contributed by atoms with Gasteiger partial charge in [-0.05, 0) is 44.9 Å². The van der Waals surface area contributed by atoms with Gasteiger partial charge in [-0.15, -0.1) is 0 Å². The van der Waals surface area contributed by atoms with Crippen molar-refractivity contribution < 1.29 is 39.8 Å². The van der Waals surface area contributed by atoms with Crippen LogP contribution in [-0.2, 0) is 14.3 Å². The minimum atomic E-state index is -1.55. The van der Waals surface area contributed by atoms with E-state index in [1.165, 1.54) is 231 Å². The van der Waals surface area contributed by atoms with Gasteiger partial charge in [-0.3, -0.25) is 4.79 Å². The molecule has 9 nitrogen and oxygen atoms in total. The van der Waals surface area contributed by atoms with E-state index in [1.54, 1.807) is 0 Å². The predicted molar refractivity (Wildman–Crippen MR) is 300 cm³/mol. The summed E-state index contributed by atoms with van der Waals surface area (Å²) in [6.45, 7) is 3.84. The van der Waals surface area contributed by atoms with E-state index in [1.807, 2.05) is 0 Å². The molecule has 420 valence electrons. The second-order valence-electron chi connectivity index (χ2n) is 21.9. The van der Waals surface area contributed by atoms with Gasteiger partial charge in [-0.25, -0.2) is 0 Å². The van der Waals surface area contributed by atoms with Gasteiger partial charge in [0.2, 0.25) is 5.91 Å². The van der Waals surface area contributed by atoms with Crippen molar-refractivity contribution in [2.45, 2.75) is 352 Å². The molecule has 7 unspecified atom stereocenters. The zero-order valence-electron chi connectivity index (χ0n) is 46.8. The van der Waals surface area contributed by atoms with Gasteiger partial charge in [0.1, 0.15) is 24.4 Å². The molecule has 0 aromatic heterocycles. The van der Waals surface area contributed by atoms with Crippen LogP contribution in [0.15, 0.2) is 24.3 Å². The molecule has 7 atom stereocenters. The van der Waals surface area contributed by atoms with E-state index in [4.69, 9.17) is 9.47 Å². The van der Waals surface area contributed by atoms with Crippen molar-refractivity contribution in [2.75, 3.05) is 13.2 Å². The Morgan fingerprint density at radius 1 is 0.479 bits per heavy atom. The van der Waals surface area contributed by atoms with Crippen LogP contribution in [-0.4, -0.2) is 87.5 Å². The van der Waals surface area contributed by atoms with Crippen LogP contribution >= 0.6 is 0 Å². The molecule has 6 N–H and O–H groups in total. The van der Waals surface area contributed by atoms with E-state index in [2.05, 4.69) is 43.5 Å². The summed E-state index contributed by atoms with van der Waals surface area (Å²) in [5.74, 6) is -0.148. The SMILES string of the molecule is CCCCC/C=C\C/C=C\CCCCCCCCCC(=O)NC(COC1OC(CO)C(O)C(O)C1O)C(O)CCCCCCCCCCCCCCCCCCCCCCCCCCCCCCCCC. The minimum absolute atomic E-state index is 0.139. The van der Waals surface area contributed by atoms with Crippen molar-refractivity contribution in [1.29, 1.82) is 0 Å². The Kier molecular flexibility index (Phi) is 49.7. The van der Waals surface area contributed by atoms with Gasteiger partial charge in [-0.2, -0.15) is 0 Å². The smallest absolute Gasteiger partial charge is 0.220 e. The Labute approximate surface area is 439 Å². The number of amides is 1. The van der Waals surface area contributed by atoms with Crippen LogP contribution in [0.2, 0.25) is 0 Å². The number of nitrogens with one attached hydrogen (secondary N) is 1. The largest absolute Gasteiger partial charge is 0.394 e. The Bertz CT molecular complexity index is 1170. The molecule has 0 aromatic carbocycles. The van der Waals surface area contributed by atoms with Crippen LogP contribution in [0.5, 0.6) is 0 Å². The maximum atomic E-state index is 13.1. The monoisotopic (exact) mass is 1010 g/mol. The second kappa shape index (κ2) is 52.1. The van der Waals surface area contributed by atoms with Crippen LogP contribution < -0.4 is 5.32 Å². The van der Waals surface area contributed by atoms with Crippen LogP contribution in [0, 0.1) is 0 Å². The van der Waals surface area contributed by atoms with Crippen LogP contribution in [0.1, 0.15) is 309 Å². The van der Waals surface area contributed by atoms with Gasteiger partial charge in [-0.1, -0.05) is 282 Å². The van der Waals surface area contributed by atoms with Crippen molar-refractivity contribution in [3.63, 3.8) is 0 Å². The number of carbonyl (C=O) groups is 1. The van der Waals surface area contributed by atoms with Gasteiger partial charge in [0.25, 0.3) is 0 Å². The van der Waals surface area contributed by atoms with Gasteiger partial charge in [0, 0.05) is 6.42 Å². The van der Waals surface area contributed by atoms with Crippen molar-refractivity contribution >= 4 is 5.91 Å². The van der Waals surface area contributed by atoms with E-state index in [9.17, 15) is 30.3 Å². The molecule has 1 aliphatic rings. The van der Waals surface area contributed by atoms with Crippen LogP contribution in [0.3, 0.4) is 0 Å². The lowest BCUT2D eigenvalue weighted by Gasteiger charge is -2.40. The molecule has 0 saturated carbocycles. The van der Waals surface area contributed by atoms with Gasteiger partial charge < -0.3 is 40.3 Å². The lowest BCUT2D eigenvalue weighted by molar-refractivity contribution is -0.302. The molecule has 0 spiro atoms. The Hall–Kier alpha value is -1.33. The first kappa shape index (κ1) is 67.7. The lowest BCUT2D eigenvalue weighted by atomic mass is 9.99. The number of aliphatic hydroxyl groups excluding tert-OH is 5. The normalized spacial score (nSPS) is 19.3. The molecule has 0 bridgehead atoms. The summed E-state index contributed by atoms with van der Waals surface area (Å²) >= 11 is 0. The number of hydrogen-bond acceptors (Lipinski definition) is 8. The summed E-state index contributed by atoms with van der Waals surface area (Å²) in [4.78, 5) is 13.1. The zero-order valence-corrected chi connectivity index (χ0v) is 46.8. The summed E-state index contributed by atoms with van der Waals surface area (Å²) in [6, 6.07) is -0.723. The molecule has 9 heteroatoms. The highest BCUT2D eigenvalue weighted by molar-refractivity contribution is 5.76. The van der Waals surface area contributed by atoms with Crippen LogP contribution in [0.4, 0.5) is 0 Å². The molecule has 0 radical (unpaired) electrons. The van der Waals surface area contributed by atoms with Gasteiger partial charge >= 0.3 is 0 Å². The Morgan fingerprint density at radius 3 is 1.24 bits per heavy atom. The highest BCUT2D eigenvalue weighted by Crippen LogP contribution is 2.23. The predicted octanol–water partition coefficient (Wildman–Crippen LogP) is 15.7. The van der Waals surface area contributed by atoms with Gasteiger partial charge in [0.15, 0.2) is 6.29 Å². The quantitative estimate of drug-likeness (QED) is 0.0261. The minimum Gasteiger partial charge on any atom is -0.394 e. The maximum absolute atomic E-state index is 13.1. The third kappa shape index (κ3) is 41.6. The number of aliphatic hydroxyl groups is 5. The highest BCUT2D eigenvalue weighted by atomic mass is 16.7. The number of carbonyl (C=O) groups excluding carboxylic acids is 1. The molecule has 71 heavy (non-hydrogen) atoms. The average Bonchev–Trinajstić information content (AvgIpc) is 3.37. The van der Waals surface area contributed by atoms with E-state index in [-0.39, 0.29) is 12.5 Å². The molecule has 1 rings (SSSR count). The molecule has 1 saturated heterocycles. The Morgan fingerprint density at radius 2 is 0.831 bits per heavy atom. The van der Waals surface area contributed by atoms with Crippen molar-refractivity contribution in [2.24, 2.45) is 0 Å². The van der Waals surface area contributed by atoms with E-state index < -0.39 is 49.5 Å². The van der Waals surface area contributed by atoms with Gasteiger partial charge in [0.05, 0.1) is 25.4 Å². The molecular formula is C62H119NO8. The third-order valence-corrected chi connectivity index (χ3v) is 15.1. The van der Waals surface area contributed by atoms with E-state index in [0.29, 0.717) is 12.8 Å². The molecule has 0 aliphatic carbocycles. The first-order chi connectivity index (χ1) is 34.8. The number of hydrogen-bond donors (Lipinski definition) is 6. The zero-order chi connectivity index (χ0) is 51.5. The molecular weight excluding hydrogens is 887 g/mol. The fourth-order valence-corrected chi connectivity index (χ4v) is 10.1. The summed E-state index contributed by atoms with van der Waals surface area (Å²) < 4.78 is 11.3. The topological polar surface area (TPSA) is 149 Å². The first-order valence-corrected chi connectivity index (χ1v) is 31.0. The fraction of sp³-hybridized carbons (Fsp3) is 0.919. The summed E-state index contributed by atoms with van der Waals surface area (Å²) in [5.41, 5.74) is 0. The maximum Gasteiger partial charge on any atom is 0.220 e. The molecule has 1 aliphatic heterocycles. The summed E-state index contributed by atoms with van der Waals surface area (Å²) in [6.07, 6.45) is 59.4. The Balaban J connectivity index is 2.13. The second-order valence-corrected chi connectivity index (χ2v) is 21.9. The molecule has 0 aromatic rings. The summed E-state index contributed by atoms with van der Waals surface area (Å²) in [5, 5.41) is 54.7. The van der Waals surface area contributed by atoms with Crippen molar-refractivity contribution in [3.05, 3.63) is 24.3 Å². The average molecular weight is 1010 g/mol. The van der Waals surface area contributed by atoms with Crippen LogP contribution in [0.25, 0.3) is 0 Å². The third-order valence-electron chi connectivity index (χ3n) is 15.1. The number of rotatable bonds is 54. The number of ether oxygens (including phenoxy) is 2. The van der Waals surface area contributed by atoms with E-state index >= 15 is 0 Å². The molecule has 1 fully saturated rings. The highest BCUT2D eigenvalue weighted by Gasteiger charge is 2.44. The summed E-state index contributed by atoms with van der Waals surface area (Å²) in [7, 11) is 0. The van der Waals surface area contributed by atoms with Crippen molar-refractivity contribution in [1.82, 2.24) is 5.32 Å². The lowest BCUT2D eigenvalue weighted by Crippen LogP contribution is -2.60. The standard InChI is InChI=1S/C62H119NO8/c1-3-5-7-9-11-13-15-17-19-21-22-23-24-25-26-27-28-29-30-31-32-33-34-36-37-39-41-43-45-47-49-51-56(65)55(54-70-62-61(69)60(68)59(67)57(53-64)71-62)63-58(66)52-50-48-46-44-42-40-38-35-20-18-16-14-12-10-8-6-4-2/h12,14,18,20,55-57,59-62,64-65,67-69H,3-11,13,15-17,19,21-54H2,1-2H3,(H,63,66)/b14-12-,20-18-. The van der Waals surface area contributed by atoms with E-state index in [0.717, 1.165) is 51.4 Å². The number of unbranched alkanes of at least 4 members (excludes halogenated alkanes) is 40. The number of allylic oxidation sites excluding steroid dienone is 4. The first-order valence-electron chi connectivity index (χ1n) is 31.0. The molecule has 1 amide bonds. The molecule has 1 heterocycles. The fourth-order valence-electron chi connectivity index (χ4n) is 10.1.